The molecule has 0 saturated heterocycles. The molecule has 2 aromatic carbocycles. The maximum Gasteiger partial charge on any atom is 0.241 e. The van der Waals surface area contributed by atoms with Crippen LogP contribution in [0.2, 0.25) is 5.02 Å². The van der Waals surface area contributed by atoms with Crippen molar-refractivity contribution in [3.63, 3.8) is 0 Å². The predicted molar refractivity (Wildman–Crippen MR) is 102 cm³/mol. The summed E-state index contributed by atoms with van der Waals surface area (Å²) >= 11 is 7.28. The van der Waals surface area contributed by atoms with Crippen LogP contribution in [-0.4, -0.2) is 25.1 Å². The van der Waals surface area contributed by atoms with Crippen LogP contribution in [0.15, 0.2) is 42.5 Å². The summed E-state index contributed by atoms with van der Waals surface area (Å²) in [6.45, 7) is 1.88. The van der Waals surface area contributed by atoms with Crippen LogP contribution in [0, 0.1) is 6.92 Å². The largest absolute Gasteiger partial charge is 0.301 e. The molecular weight excluding hydrogens is 380 g/mol. The fourth-order valence-corrected chi connectivity index (χ4v) is 5.05. The number of anilines is 1. The number of rotatable bonds is 5. The fraction of sp³-hybridized carbons (Fsp3) is 0.176. The molecule has 0 atom stereocenters. The Labute approximate surface area is 154 Å². The number of hydrogen-bond acceptors (Lipinski definition) is 5. The lowest BCUT2D eigenvalue weighted by molar-refractivity contribution is -0.113. The molecular formula is C17H15ClN2O3S2. The first-order valence-electron chi connectivity index (χ1n) is 7.43. The van der Waals surface area contributed by atoms with E-state index in [0.29, 0.717) is 15.7 Å². The first-order chi connectivity index (χ1) is 11.8. The Hall–Kier alpha value is -1.96. The average Bonchev–Trinajstić information content (AvgIpc) is 2.89. The van der Waals surface area contributed by atoms with Crippen molar-refractivity contribution in [2.75, 3.05) is 11.1 Å². The highest BCUT2D eigenvalue weighted by molar-refractivity contribution is 7.91. The van der Waals surface area contributed by atoms with Gasteiger partial charge >= 0.3 is 0 Å². The molecule has 3 aromatic rings. The summed E-state index contributed by atoms with van der Waals surface area (Å²) < 4.78 is 25.2. The van der Waals surface area contributed by atoms with Crippen LogP contribution in [0.3, 0.4) is 0 Å². The molecule has 25 heavy (non-hydrogen) atoms. The van der Waals surface area contributed by atoms with Crippen molar-refractivity contribution < 1.29 is 13.2 Å². The highest BCUT2D eigenvalue weighted by atomic mass is 35.5. The summed E-state index contributed by atoms with van der Waals surface area (Å²) in [5.74, 6) is -1.35. The number of fused-ring (bicyclic) bond motifs is 1. The third kappa shape index (κ3) is 4.56. The van der Waals surface area contributed by atoms with Crippen LogP contribution in [0.25, 0.3) is 10.2 Å². The van der Waals surface area contributed by atoms with E-state index in [-0.39, 0.29) is 5.75 Å². The van der Waals surface area contributed by atoms with Gasteiger partial charge in [-0.2, -0.15) is 0 Å². The van der Waals surface area contributed by atoms with Crippen molar-refractivity contribution in [1.82, 2.24) is 4.98 Å². The van der Waals surface area contributed by atoms with Gasteiger partial charge in [-0.15, -0.1) is 0 Å². The number of amides is 1. The second-order valence-electron chi connectivity index (χ2n) is 5.65. The van der Waals surface area contributed by atoms with Gasteiger partial charge in [0, 0.05) is 5.02 Å². The number of sulfone groups is 1. The zero-order chi connectivity index (χ0) is 18.0. The number of carbonyl (C=O) groups is 1. The molecule has 0 aliphatic rings. The maximum atomic E-state index is 12.2. The Kier molecular flexibility index (Phi) is 5.08. The second kappa shape index (κ2) is 7.11. The highest BCUT2D eigenvalue weighted by Gasteiger charge is 2.19. The van der Waals surface area contributed by atoms with E-state index in [1.807, 2.05) is 13.0 Å². The zero-order valence-corrected chi connectivity index (χ0v) is 15.7. The number of nitrogens with one attached hydrogen (secondary N) is 1. The zero-order valence-electron chi connectivity index (χ0n) is 13.3. The Morgan fingerprint density at radius 1 is 1.24 bits per heavy atom. The Morgan fingerprint density at radius 3 is 2.68 bits per heavy atom. The van der Waals surface area contributed by atoms with Gasteiger partial charge in [0.1, 0.15) is 5.75 Å². The summed E-state index contributed by atoms with van der Waals surface area (Å²) in [7, 11) is -3.56. The van der Waals surface area contributed by atoms with Crippen molar-refractivity contribution >= 4 is 54.0 Å². The van der Waals surface area contributed by atoms with Gasteiger partial charge in [0.2, 0.25) is 5.91 Å². The van der Waals surface area contributed by atoms with Crippen LogP contribution >= 0.6 is 22.9 Å². The summed E-state index contributed by atoms with van der Waals surface area (Å²) in [6.07, 6.45) is 0. The molecule has 130 valence electrons. The molecule has 0 aliphatic carbocycles. The van der Waals surface area contributed by atoms with Gasteiger partial charge in [-0.05, 0) is 30.2 Å². The smallest absolute Gasteiger partial charge is 0.241 e. The number of benzene rings is 2. The number of aromatic nitrogens is 1. The fourth-order valence-electron chi connectivity index (χ4n) is 2.44. The molecule has 1 heterocycles. The van der Waals surface area contributed by atoms with Gasteiger partial charge in [-0.3, -0.25) is 4.79 Å². The molecule has 0 aliphatic heterocycles. The van der Waals surface area contributed by atoms with Crippen LogP contribution in [-0.2, 0) is 20.4 Å². The third-order valence-electron chi connectivity index (χ3n) is 3.48. The van der Waals surface area contributed by atoms with E-state index >= 15 is 0 Å². The standard InChI is InChI=1S/C17H15ClN2O3S2/c1-11-7-13(18)8-14-16(11)20-17(24-14)19-15(21)10-25(22,23)9-12-5-3-2-4-6-12/h2-8H,9-10H2,1H3,(H,19,20,21). The normalized spacial score (nSPS) is 11.6. The van der Waals surface area contributed by atoms with Gasteiger partial charge < -0.3 is 5.32 Å². The van der Waals surface area contributed by atoms with Crippen molar-refractivity contribution in [1.29, 1.82) is 0 Å². The minimum absolute atomic E-state index is 0.171. The van der Waals surface area contributed by atoms with Crippen molar-refractivity contribution in [2.45, 2.75) is 12.7 Å². The quantitative estimate of drug-likeness (QED) is 0.713. The van der Waals surface area contributed by atoms with Gasteiger partial charge in [-0.25, -0.2) is 13.4 Å². The SMILES string of the molecule is Cc1cc(Cl)cc2sc(NC(=O)CS(=O)(=O)Cc3ccccc3)nc12. The summed E-state index contributed by atoms with van der Waals surface area (Å²) in [6, 6.07) is 12.3. The monoisotopic (exact) mass is 394 g/mol. The molecule has 0 radical (unpaired) electrons. The van der Waals surface area contributed by atoms with Crippen molar-refractivity contribution in [3.05, 3.63) is 58.6 Å². The third-order valence-corrected chi connectivity index (χ3v) is 6.09. The molecule has 1 aromatic heterocycles. The highest BCUT2D eigenvalue weighted by Crippen LogP contribution is 2.30. The number of nitrogens with zero attached hydrogens (tertiary/aromatic N) is 1. The molecule has 1 N–H and O–H groups in total. The number of carbonyl (C=O) groups excluding carboxylic acids is 1. The number of hydrogen-bond donors (Lipinski definition) is 1. The van der Waals surface area contributed by atoms with E-state index in [0.717, 1.165) is 15.8 Å². The number of thiazole rings is 1. The summed E-state index contributed by atoms with van der Waals surface area (Å²) in [5.41, 5.74) is 2.30. The molecule has 0 bridgehead atoms. The van der Waals surface area contributed by atoms with E-state index in [2.05, 4.69) is 10.3 Å². The molecule has 1 amide bonds. The van der Waals surface area contributed by atoms with Gasteiger partial charge in [0.05, 0.1) is 16.0 Å². The predicted octanol–water partition coefficient (Wildman–Crippen LogP) is 3.81. The van der Waals surface area contributed by atoms with E-state index < -0.39 is 21.5 Å². The van der Waals surface area contributed by atoms with Crippen molar-refractivity contribution in [3.8, 4) is 0 Å². The van der Waals surface area contributed by atoms with Crippen LogP contribution in [0.1, 0.15) is 11.1 Å². The average molecular weight is 395 g/mol. The first-order valence-corrected chi connectivity index (χ1v) is 10.4. The lowest BCUT2D eigenvalue weighted by Gasteiger charge is -2.04. The van der Waals surface area contributed by atoms with Crippen LogP contribution in [0.4, 0.5) is 5.13 Å². The lowest BCUT2D eigenvalue weighted by Crippen LogP contribution is -2.23. The van der Waals surface area contributed by atoms with E-state index in [9.17, 15) is 13.2 Å². The van der Waals surface area contributed by atoms with E-state index in [4.69, 9.17) is 11.6 Å². The van der Waals surface area contributed by atoms with Crippen molar-refractivity contribution in [2.24, 2.45) is 0 Å². The van der Waals surface area contributed by atoms with Crippen LogP contribution in [0.5, 0.6) is 0 Å². The van der Waals surface area contributed by atoms with Gasteiger partial charge in [0.15, 0.2) is 15.0 Å². The summed E-state index contributed by atoms with van der Waals surface area (Å²) in [4.78, 5) is 16.4. The molecule has 5 nitrogen and oxygen atoms in total. The lowest BCUT2D eigenvalue weighted by atomic mass is 10.2. The maximum absolute atomic E-state index is 12.2. The first kappa shape index (κ1) is 17.8. The molecule has 0 saturated carbocycles. The molecule has 0 fully saturated rings. The number of aryl methyl sites for hydroxylation is 1. The second-order valence-corrected chi connectivity index (χ2v) is 9.19. The topological polar surface area (TPSA) is 76.1 Å². The minimum atomic E-state index is -3.56. The molecule has 8 heteroatoms. The van der Waals surface area contributed by atoms with E-state index in [1.165, 1.54) is 11.3 Å². The Bertz CT molecular complexity index is 1030. The van der Waals surface area contributed by atoms with Gasteiger partial charge in [-0.1, -0.05) is 53.3 Å². The molecule has 3 rings (SSSR count). The van der Waals surface area contributed by atoms with E-state index in [1.54, 1.807) is 36.4 Å². The summed E-state index contributed by atoms with van der Waals surface area (Å²) in [5, 5.41) is 3.52. The molecule has 0 spiro atoms. The van der Waals surface area contributed by atoms with Crippen LogP contribution < -0.4 is 5.32 Å². The molecule has 0 unspecified atom stereocenters. The Morgan fingerprint density at radius 2 is 1.96 bits per heavy atom. The number of halogens is 1. The van der Waals surface area contributed by atoms with Gasteiger partial charge in [0.25, 0.3) is 0 Å². The Balaban J connectivity index is 1.71. The minimum Gasteiger partial charge on any atom is -0.301 e.